The number of thiocarbonyl (C=S) groups is 1. The summed E-state index contributed by atoms with van der Waals surface area (Å²) in [7, 11) is 1.90. The summed E-state index contributed by atoms with van der Waals surface area (Å²) in [5.41, 5.74) is 1.35. The lowest BCUT2D eigenvalue weighted by atomic mass is 9.88. The van der Waals surface area contributed by atoms with Gasteiger partial charge >= 0.3 is 0 Å². The maximum atomic E-state index is 12.6. The molecule has 0 bridgehead atoms. The Balaban J connectivity index is 2.13. The Labute approximate surface area is 175 Å². The van der Waals surface area contributed by atoms with Crippen molar-refractivity contribution >= 4 is 34.6 Å². The molecule has 1 N–H and O–H groups in total. The molecule has 8 nitrogen and oxygen atoms in total. The number of nitrogens with one attached hydrogen (secondary N) is 1. The summed E-state index contributed by atoms with van der Waals surface area (Å²) < 4.78 is 6.20. The highest BCUT2D eigenvalue weighted by molar-refractivity contribution is 7.80. The van der Waals surface area contributed by atoms with Crippen LogP contribution in [0.25, 0.3) is 5.70 Å². The van der Waals surface area contributed by atoms with Crippen LogP contribution in [0, 0.1) is 10.1 Å². The summed E-state index contributed by atoms with van der Waals surface area (Å²) in [6, 6.07) is 4.52. The van der Waals surface area contributed by atoms with E-state index in [1.165, 1.54) is 12.1 Å². The number of nitrogens with zero attached hydrogens (tertiary/aromatic N) is 3. The van der Waals surface area contributed by atoms with Crippen molar-refractivity contribution < 1.29 is 14.5 Å². The van der Waals surface area contributed by atoms with Gasteiger partial charge in [0.25, 0.3) is 5.69 Å². The molecule has 1 saturated heterocycles. The van der Waals surface area contributed by atoms with Crippen molar-refractivity contribution in [2.75, 3.05) is 26.7 Å². The van der Waals surface area contributed by atoms with Gasteiger partial charge in [0.05, 0.1) is 10.6 Å². The number of carbonyl (C=O) groups excluding carboxylic acids is 1. The molecule has 0 radical (unpaired) electrons. The zero-order valence-corrected chi connectivity index (χ0v) is 18.0. The number of hydrogen-bond donors (Lipinski definition) is 1. The predicted octanol–water partition coefficient (Wildman–Crippen LogP) is 2.93. The first-order valence-electron chi connectivity index (χ1n) is 9.66. The highest BCUT2D eigenvalue weighted by Crippen LogP contribution is 2.44. The number of ether oxygens (including phenoxy) is 1. The minimum atomic E-state index is -0.714. The lowest BCUT2D eigenvalue weighted by Gasteiger charge is -2.39. The molecule has 0 saturated carbocycles. The fourth-order valence-electron chi connectivity index (χ4n) is 3.62. The molecule has 1 aromatic carbocycles. The molecule has 1 amide bonds. The molecule has 9 heteroatoms. The van der Waals surface area contributed by atoms with Crippen molar-refractivity contribution in [2.24, 2.45) is 0 Å². The van der Waals surface area contributed by atoms with Crippen LogP contribution in [0.3, 0.4) is 0 Å². The summed E-state index contributed by atoms with van der Waals surface area (Å²) in [5.74, 6) is 0.549. The molecule has 0 spiro atoms. The van der Waals surface area contributed by atoms with Gasteiger partial charge in [-0.1, -0.05) is 0 Å². The Bertz CT molecular complexity index is 896. The van der Waals surface area contributed by atoms with Crippen molar-refractivity contribution in [3.8, 4) is 5.75 Å². The van der Waals surface area contributed by atoms with Crippen LogP contribution in [0.2, 0.25) is 0 Å². The first kappa shape index (κ1) is 21.0. The fraction of sp³-hybridized carbons (Fsp3) is 0.500. The molecule has 0 aromatic heterocycles. The molecule has 29 heavy (non-hydrogen) atoms. The highest BCUT2D eigenvalue weighted by atomic mass is 32.1. The van der Waals surface area contributed by atoms with E-state index < -0.39 is 10.5 Å². The maximum absolute atomic E-state index is 12.6. The van der Waals surface area contributed by atoms with Crippen molar-refractivity contribution in [3.05, 3.63) is 39.4 Å². The van der Waals surface area contributed by atoms with Crippen molar-refractivity contribution in [1.29, 1.82) is 0 Å². The minimum absolute atomic E-state index is 0.0147. The lowest BCUT2D eigenvalue weighted by Crippen LogP contribution is -2.45. The van der Waals surface area contributed by atoms with Gasteiger partial charge in [-0.2, -0.15) is 0 Å². The molecule has 156 valence electrons. The van der Waals surface area contributed by atoms with Crippen LogP contribution in [0.4, 0.5) is 5.69 Å². The third-order valence-electron chi connectivity index (χ3n) is 5.39. The number of amides is 1. The Morgan fingerprint density at radius 1 is 1.45 bits per heavy atom. The average molecular weight is 419 g/mol. The largest absolute Gasteiger partial charge is 0.483 e. The number of likely N-dealkylation sites (tertiary alicyclic amines) is 1. The molecular formula is C20H26N4O4S. The van der Waals surface area contributed by atoms with Crippen LogP contribution in [-0.2, 0) is 4.79 Å². The van der Waals surface area contributed by atoms with E-state index in [0.717, 1.165) is 18.5 Å². The van der Waals surface area contributed by atoms with E-state index in [-0.39, 0.29) is 11.6 Å². The number of non-ortho nitro benzene ring substituents is 1. The summed E-state index contributed by atoms with van der Waals surface area (Å²) in [4.78, 5) is 27.2. The first-order chi connectivity index (χ1) is 13.7. The Morgan fingerprint density at radius 2 is 2.17 bits per heavy atom. The highest BCUT2D eigenvalue weighted by Gasteiger charge is 2.40. The van der Waals surface area contributed by atoms with Gasteiger partial charge < -0.3 is 19.9 Å². The number of fused-ring (bicyclic) bond motifs is 1. The molecule has 1 aromatic rings. The van der Waals surface area contributed by atoms with Crippen LogP contribution < -0.4 is 10.1 Å². The van der Waals surface area contributed by atoms with E-state index in [2.05, 4.69) is 5.32 Å². The van der Waals surface area contributed by atoms with E-state index in [1.54, 1.807) is 11.0 Å². The zero-order chi connectivity index (χ0) is 21.3. The van der Waals surface area contributed by atoms with Crippen LogP contribution in [0.1, 0.15) is 39.2 Å². The average Bonchev–Trinajstić information content (AvgIpc) is 3.09. The second-order valence-corrected chi connectivity index (χ2v) is 8.09. The summed E-state index contributed by atoms with van der Waals surface area (Å²) in [6.07, 6.45) is 1.22. The molecule has 0 atom stereocenters. The summed E-state index contributed by atoms with van der Waals surface area (Å²) in [6.45, 7) is 7.58. The molecular weight excluding hydrogens is 392 g/mol. The normalized spacial score (nSPS) is 17.7. The summed E-state index contributed by atoms with van der Waals surface area (Å²) in [5, 5.41) is 15.2. The van der Waals surface area contributed by atoms with Crippen molar-refractivity contribution in [1.82, 2.24) is 15.1 Å². The first-order valence-corrected chi connectivity index (χ1v) is 10.1. The smallest absolute Gasteiger partial charge is 0.270 e. The second-order valence-electron chi connectivity index (χ2n) is 7.70. The van der Waals surface area contributed by atoms with E-state index in [1.807, 2.05) is 32.7 Å². The Kier molecular flexibility index (Phi) is 5.79. The lowest BCUT2D eigenvalue weighted by molar-refractivity contribution is -0.384. The fourth-order valence-corrected chi connectivity index (χ4v) is 3.82. The van der Waals surface area contributed by atoms with Crippen molar-refractivity contribution in [3.63, 3.8) is 0 Å². The minimum Gasteiger partial charge on any atom is -0.483 e. The Hall–Kier alpha value is -2.68. The molecule has 2 aliphatic rings. The number of rotatable bonds is 5. The maximum Gasteiger partial charge on any atom is 0.270 e. The SMILES string of the molecule is CCN(C)C(=S)NCC1=C(N2CCCC2=O)c2cc([N+](=O)[O-])ccc2OC1(C)C. The standard InChI is InChI=1S/C20H26N4O4S/c1-5-22(4)19(29)21-12-15-18(23-10-6-7-17(23)25)14-11-13(24(26)27)8-9-16(14)28-20(15,2)3/h8-9,11H,5-7,10,12H2,1-4H3,(H,21,29). The number of hydrogen-bond acceptors (Lipinski definition) is 5. The third kappa shape index (κ3) is 4.05. The second kappa shape index (κ2) is 7.98. The molecule has 3 rings (SSSR count). The van der Waals surface area contributed by atoms with Gasteiger partial charge in [0.1, 0.15) is 11.4 Å². The molecule has 2 heterocycles. The molecule has 0 unspecified atom stereocenters. The van der Waals surface area contributed by atoms with Gasteiger partial charge in [0, 0.05) is 56.4 Å². The van der Waals surface area contributed by atoms with E-state index in [0.29, 0.717) is 41.6 Å². The van der Waals surface area contributed by atoms with E-state index in [9.17, 15) is 14.9 Å². The van der Waals surface area contributed by atoms with Gasteiger partial charge in [0.15, 0.2) is 5.11 Å². The van der Waals surface area contributed by atoms with Crippen LogP contribution in [0.5, 0.6) is 5.75 Å². The van der Waals surface area contributed by atoms with Gasteiger partial charge in [-0.25, -0.2) is 0 Å². The molecule has 2 aliphatic heterocycles. The number of carbonyl (C=O) groups is 1. The van der Waals surface area contributed by atoms with E-state index >= 15 is 0 Å². The van der Waals surface area contributed by atoms with Crippen LogP contribution in [-0.4, -0.2) is 58.0 Å². The monoisotopic (exact) mass is 418 g/mol. The zero-order valence-electron chi connectivity index (χ0n) is 17.2. The number of benzene rings is 1. The van der Waals surface area contributed by atoms with Crippen LogP contribution in [0.15, 0.2) is 23.8 Å². The topological polar surface area (TPSA) is 88.0 Å². The quantitative estimate of drug-likeness (QED) is 0.447. The number of nitro groups is 1. The van der Waals surface area contributed by atoms with Crippen molar-refractivity contribution in [2.45, 2.75) is 39.2 Å². The van der Waals surface area contributed by atoms with Crippen LogP contribution >= 0.6 is 12.2 Å². The summed E-state index contributed by atoms with van der Waals surface area (Å²) >= 11 is 5.43. The third-order valence-corrected chi connectivity index (χ3v) is 5.84. The number of nitro benzene ring substituents is 1. The van der Waals surface area contributed by atoms with E-state index in [4.69, 9.17) is 17.0 Å². The van der Waals surface area contributed by atoms with Gasteiger partial charge in [0.2, 0.25) is 5.91 Å². The van der Waals surface area contributed by atoms with Gasteiger partial charge in [-0.3, -0.25) is 14.9 Å². The Morgan fingerprint density at radius 3 is 2.76 bits per heavy atom. The predicted molar refractivity (Wildman–Crippen MR) is 115 cm³/mol. The molecule has 0 aliphatic carbocycles. The molecule has 1 fully saturated rings. The van der Waals surface area contributed by atoms with Gasteiger partial charge in [-0.15, -0.1) is 0 Å². The van der Waals surface area contributed by atoms with Gasteiger partial charge in [-0.05, 0) is 45.5 Å².